The van der Waals surface area contributed by atoms with E-state index in [9.17, 15) is 9.59 Å². The van der Waals surface area contributed by atoms with Crippen LogP contribution in [-0.2, 0) is 4.79 Å². The first kappa shape index (κ1) is 20.6. The van der Waals surface area contributed by atoms with E-state index in [4.69, 9.17) is 9.15 Å². The zero-order chi connectivity index (χ0) is 20.6. The van der Waals surface area contributed by atoms with Gasteiger partial charge in [-0.3, -0.25) is 4.79 Å². The molecular formula is C21H18IN3O4. The topological polar surface area (TPSA) is 92.9 Å². The summed E-state index contributed by atoms with van der Waals surface area (Å²) in [6.07, 6.45) is 2.93. The second kappa shape index (κ2) is 9.87. The molecule has 0 aliphatic heterocycles. The van der Waals surface area contributed by atoms with Crippen molar-refractivity contribution in [3.63, 3.8) is 0 Å². The highest BCUT2D eigenvalue weighted by molar-refractivity contribution is 14.1. The molecule has 0 unspecified atom stereocenters. The lowest BCUT2D eigenvalue weighted by Crippen LogP contribution is -2.25. The Morgan fingerprint density at radius 3 is 2.66 bits per heavy atom. The van der Waals surface area contributed by atoms with Crippen LogP contribution in [0, 0.1) is 10.5 Å². The lowest BCUT2D eigenvalue weighted by atomic mass is 10.2. The first-order valence-electron chi connectivity index (χ1n) is 8.69. The Labute approximate surface area is 181 Å². The molecular weight excluding hydrogens is 485 g/mol. The van der Waals surface area contributed by atoms with Gasteiger partial charge in [0.15, 0.2) is 0 Å². The average Bonchev–Trinajstić information content (AvgIpc) is 3.24. The van der Waals surface area contributed by atoms with Gasteiger partial charge in [0.2, 0.25) is 5.76 Å². The molecule has 1 aromatic heterocycles. The van der Waals surface area contributed by atoms with Crippen molar-refractivity contribution in [3.05, 3.63) is 81.3 Å². The number of nitrogens with one attached hydrogen (secondary N) is 2. The van der Waals surface area contributed by atoms with Crippen molar-refractivity contribution in [1.29, 1.82) is 0 Å². The minimum absolute atomic E-state index is 0.111. The lowest BCUT2D eigenvalue weighted by molar-refractivity contribution is -0.119. The average molecular weight is 503 g/mol. The highest BCUT2D eigenvalue weighted by Gasteiger charge is 2.13. The molecule has 0 saturated carbocycles. The van der Waals surface area contributed by atoms with Gasteiger partial charge in [0, 0.05) is 5.69 Å². The molecule has 7 nitrogen and oxygen atoms in total. The Balaban J connectivity index is 1.50. The van der Waals surface area contributed by atoms with Crippen molar-refractivity contribution in [2.45, 2.75) is 6.92 Å². The first-order chi connectivity index (χ1) is 14.0. The molecule has 0 radical (unpaired) electrons. The third kappa shape index (κ3) is 6.18. The maximum Gasteiger partial charge on any atom is 0.379 e. The van der Waals surface area contributed by atoms with Crippen LogP contribution in [0.1, 0.15) is 21.7 Å². The van der Waals surface area contributed by atoms with E-state index >= 15 is 0 Å². The smallest absolute Gasteiger partial charge is 0.379 e. The maximum atomic E-state index is 11.9. The van der Waals surface area contributed by atoms with Crippen molar-refractivity contribution >= 4 is 46.4 Å². The number of benzene rings is 2. The van der Waals surface area contributed by atoms with E-state index in [1.54, 1.807) is 24.3 Å². The van der Waals surface area contributed by atoms with Crippen molar-refractivity contribution in [3.8, 4) is 5.75 Å². The molecule has 0 spiro atoms. The van der Waals surface area contributed by atoms with Gasteiger partial charge in [0.1, 0.15) is 5.75 Å². The van der Waals surface area contributed by atoms with Crippen LogP contribution in [0.25, 0.3) is 0 Å². The Bertz CT molecular complexity index is 1010. The highest BCUT2D eigenvalue weighted by Crippen LogP contribution is 2.22. The summed E-state index contributed by atoms with van der Waals surface area (Å²) < 4.78 is 11.0. The minimum Gasteiger partial charge on any atom is -0.457 e. The Morgan fingerprint density at radius 1 is 1.17 bits per heavy atom. The number of carbonyl (C=O) groups excluding carboxylic acids is 2. The SMILES string of the molecule is Cc1ccc(NCC(=O)N/N=C\c2ccc(OC(=O)c3ccco3)c(I)c2)cc1. The molecule has 0 saturated heterocycles. The number of hydrazone groups is 1. The normalized spacial score (nSPS) is 10.7. The number of rotatable bonds is 7. The van der Waals surface area contributed by atoms with E-state index in [1.165, 1.54) is 18.5 Å². The second-order valence-electron chi connectivity index (χ2n) is 6.07. The van der Waals surface area contributed by atoms with Crippen molar-refractivity contribution in [1.82, 2.24) is 5.43 Å². The van der Waals surface area contributed by atoms with Crippen LogP contribution in [0.4, 0.5) is 5.69 Å². The molecule has 1 amide bonds. The Morgan fingerprint density at radius 2 is 1.97 bits per heavy atom. The Kier molecular flexibility index (Phi) is 7.01. The van der Waals surface area contributed by atoms with Gasteiger partial charge < -0.3 is 14.5 Å². The molecule has 29 heavy (non-hydrogen) atoms. The van der Waals surface area contributed by atoms with Crippen LogP contribution >= 0.6 is 22.6 Å². The number of furan rings is 1. The number of hydrogen-bond donors (Lipinski definition) is 2. The van der Waals surface area contributed by atoms with E-state index in [-0.39, 0.29) is 18.2 Å². The fourth-order valence-corrected chi connectivity index (χ4v) is 2.95. The fourth-order valence-electron chi connectivity index (χ4n) is 2.30. The molecule has 3 aromatic rings. The molecule has 0 atom stereocenters. The number of anilines is 1. The predicted octanol–water partition coefficient (Wildman–Crippen LogP) is 3.97. The molecule has 2 N–H and O–H groups in total. The maximum absolute atomic E-state index is 11.9. The quantitative estimate of drug-likeness (QED) is 0.167. The predicted molar refractivity (Wildman–Crippen MR) is 118 cm³/mol. The summed E-state index contributed by atoms with van der Waals surface area (Å²) in [7, 11) is 0. The van der Waals surface area contributed by atoms with Crippen LogP contribution in [0.2, 0.25) is 0 Å². The van der Waals surface area contributed by atoms with Crippen molar-refractivity contribution < 1.29 is 18.7 Å². The number of aryl methyl sites for hydroxylation is 1. The van der Waals surface area contributed by atoms with Crippen LogP contribution in [0.5, 0.6) is 5.75 Å². The number of carbonyl (C=O) groups is 2. The van der Waals surface area contributed by atoms with Crippen LogP contribution in [0.3, 0.4) is 0 Å². The third-order valence-electron chi connectivity index (χ3n) is 3.79. The molecule has 0 bridgehead atoms. The molecule has 2 aromatic carbocycles. The molecule has 0 fully saturated rings. The number of amides is 1. The first-order valence-corrected chi connectivity index (χ1v) is 9.77. The Hall–Kier alpha value is -3.14. The summed E-state index contributed by atoms with van der Waals surface area (Å²) in [5.41, 5.74) is 5.23. The number of ether oxygens (including phenoxy) is 1. The number of halogens is 1. The van der Waals surface area contributed by atoms with Gasteiger partial charge in [-0.25, -0.2) is 10.2 Å². The molecule has 0 aliphatic carbocycles. The van der Waals surface area contributed by atoms with Crippen LogP contribution in [0.15, 0.2) is 70.4 Å². The van der Waals surface area contributed by atoms with Gasteiger partial charge in [-0.1, -0.05) is 17.7 Å². The van der Waals surface area contributed by atoms with Gasteiger partial charge in [-0.2, -0.15) is 5.10 Å². The zero-order valence-electron chi connectivity index (χ0n) is 15.5. The summed E-state index contributed by atoms with van der Waals surface area (Å²) in [4.78, 5) is 23.8. The summed E-state index contributed by atoms with van der Waals surface area (Å²) in [6.45, 7) is 2.11. The third-order valence-corrected chi connectivity index (χ3v) is 4.63. The highest BCUT2D eigenvalue weighted by atomic mass is 127. The van der Waals surface area contributed by atoms with E-state index < -0.39 is 5.97 Å². The van der Waals surface area contributed by atoms with Crippen LogP contribution in [-0.4, -0.2) is 24.6 Å². The summed E-state index contributed by atoms with van der Waals surface area (Å²) in [5, 5.41) is 6.97. The second-order valence-corrected chi connectivity index (χ2v) is 7.23. The van der Waals surface area contributed by atoms with E-state index in [2.05, 4.69) is 38.4 Å². The van der Waals surface area contributed by atoms with Crippen molar-refractivity contribution in [2.75, 3.05) is 11.9 Å². The fraction of sp³-hybridized carbons (Fsp3) is 0.0952. The van der Waals surface area contributed by atoms with Gasteiger partial charge in [0.25, 0.3) is 5.91 Å². The van der Waals surface area contributed by atoms with Crippen molar-refractivity contribution in [2.24, 2.45) is 5.10 Å². The van der Waals surface area contributed by atoms with Gasteiger partial charge in [-0.05, 0) is 77.5 Å². The largest absolute Gasteiger partial charge is 0.457 e. The van der Waals surface area contributed by atoms with Crippen LogP contribution < -0.4 is 15.5 Å². The number of hydrogen-bond acceptors (Lipinski definition) is 6. The molecule has 148 valence electrons. The van der Waals surface area contributed by atoms with E-state index in [0.717, 1.165) is 20.4 Å². The zero-order valence-corrected chi connectivity index (χ0v) is 17.7. The number of esters is 1. The van der Waals surface area contributed by atoms with Gasteiger partial charge in [0.05, 0.1) is 22.6 Å². The van der Waals surface area contributed by atoms with Gasteiger partial charge in [-0.15, -0.1) is 0 Å². The number of nitrogens with zero attached hydrogens (tertiary/aromatic N) is 1. The van der Waals surface area contributed by atoms with Gasteiger partial charge >= 0.3 is 5.97 Å². The molecule has 1 heterocycles. The molecule has 3 rings (SSSR count). The lowest BCUT2D eigenvalue weighted by Gasteiger charge is -2.06. The molecule has 8 heteroatoms. The monoisotopic (exact) mass is 503 g/mol. The summed E-state index contributed by atoms with van der Waals surface area (Å²) in [5.74, 6) is -0.285. The summed E-state index contributed by atoms with van der Waals surface area (Å²) >= 11 is 2.06. The van der Waals surface area contributed by atoms with E-state index in [1.807, 2.05) is 31.2 Å². The standard InChI is InChI=1S/C21H18IN3O4/c1-14-4-7-16(8-5-14)23-13-20(26)25-24-12-15-6-9-18(17(22)11-15)29-21(27)19-3-2-10-28-19/h2-12,23H,13H2,1H3,(H,25,26)/b24-12-. The minimum atomic E-state index is -0.567. The van der Waals surface area contributed by atoms with E-state index in [0.29, 0.717) is 5.75 Å². The summed E-state index contributed by atoms with van der Waals surface area (Å²) in [6, 6.07) is 16.1. The molecule has 0 aliphatic rings.